The Kier molecular flexibility index (Phi) is 3.92. The fourth-order valence-corrected chi connectivity index (χ4v) is 3.06. The molecule has 0 fully saturated rings. The molecule has 0 radical (unpaired) electrons. The molecule has 2 heterocycles. The highest BCUT2D eigenvalue weighted by Gasteiger charge is 2.22. The van der Waals surface area contributed by atoms with E-state index in [1.54, 1.807) is 10.9 Å². The van der Waals surface area contributed by atoms with Gasteiger partial charge in [-0.25, -0.2) is 5.10 Å². The second kappa shape index (κ2) is 6.37. The highest BCUT2D eigenvalue weighted by molar-refractivity contribution is 7.71. The first-order valence-corrected chi connectivity index (χ1v) is 8.24. The van der Waals surface area contributed by atoms with Crippen molar-refractivity contribution < 1.29 is 0 Å². The number of nitrogens with zero attached hydrogens (tertiary/aromatic N) is 4. The lowest BCUT2D eigenvalue weighted by molar-refractivity contribution is 0.844. The van der Waals surface area contributed by atoms with E-state index in [0.29, 0.717) is 10.6 Å². The number of hydrogen-bond donors (Lipinski definition) is 2. The largest absolute Gasteiger partial charge is 0.282 e. The minimum atomic E-state index is 0.448. The van der Waals surface area contributed by atoms with E-state index in [2.05, 4.69) is 25.5 Å². The van der Waals surface area contributed by atoms with E-state index in [4.69, 9.17) is 12.2 Å². The van der Waals surface area contributed by atoms with Gasteiger partial charge in [0.15, 0.2) is 0 Å². The summed E-state index contributed by atoms with van der Waals surface area (Å²) in [5.41, 5.74) is 4.36. The number of hydrogen-bond acceptors (Lipinski definition) is 4. The van der Waals surface area contributed by atoms with Gasteiger partial charge in [0.05, 0.1) is 0 Å². The number of fused-ring (bicyclic) bond motifs is 1. The van der Waals surface area contributed by atoms with Crippen molar-refractivity contribution in [2.75, 3.05) is 0 Å². The molecule has 0 saturated heterocycles. The Morgan fingerprint density at radius 1 is 1.12 bits per heavy atom. The Morgan fingerprint density at radius 2 is 2.00 bits per heavy atom. The van der Waals surface area contributed by atoms with Crippen molar-refractivity contribution in [1.82, 2.24) is 25.1 Å². The lowest BCUT2D eigenvalue weighted by Gasteiger charge is -1.98. The summed E-state index contributed by atoms with van der Waals surface area (Å²) in [5, 5.41) is 19.0. The Morgan fingerprint density at radius 3 is 2.88 bits per heavy atom. The summed E-state index contributed by atoms with van der Waals surface area (Å²) in [5.74, 6) is 0.642. The van der Waals surface area contributed by atoms with Gasteiger partial charge in [0.1, 0.15) is 5.69 Å². The van der Waals surface area contributed by atoms with Crippen molar-refractivity contribution in [3.05, 3.63) is 58.0 Å². The normalized spacial score (nSPS) is 14.0. The van der Waals surface area contributed by atoms with Gasteiger partial charge in [-0.2, -0.15) is 20.0 Å². The number of H-pyrrole nitrogens is 2. The number of aromatic amines is 2. The highest BCUT2D eigenvalue weighted by Crippen LogP contribution is 2.29. The van der Waals surface area contributed by atoms with Crippen molar-refractivity contribution in [2.24, 2.45) is 5.10 Å². The van der Waals surface area contributed by atoms with Crippen LogP contribution in [-0.2, 0) is 12.8 Å². The maximum Gasteiger partial charge on any atom is 0.216 e. The number of benzene rings is 1. The monoisotopic (exact) mass is 336 g/mol. The van der Waals surface area contributed by atoms with Gasteiger partial charge in [-0.3, -0.25) is 5.10 Å². The Hall–Kier alpha value is -2.80. The molecule has 0 aliphatic heterocycles. The molecule has 4 rings (SSSR count). The van der Waals surface area contributed by atoms with Gasteiger partial charge in [-0.05, 0) is 43.1 Å². The molecule has 0 atom stereocenters. The van der Waals surface area contributed by atoms with E-state index in [0.717, 1.165) is 30.5 Å². The van der Waals surface area contributed by atoms with Crippen LogP contribution in [0.2, 0.25) is 0 Å². The summed E-state index contributed by atoms with van der Waals surface area (Å²) in [6.45, 7) is 0. The first-order valence-electron chi connectivity index (χ1n) is 7.83. The molecule has 2 N–H and O–H groups in total. The minimum Gasteiger partial charge on any atom is -0.282 e. The third kappa shape index (κ3) is 2.74. The SMILES string of the molecule is S=c1[nH]nc(-c2n[nH]c3c2CCC3)n1/N=C/C=C/c1ccccc1. The third-order valence-electron chi connectivity index (χ3n) is 4.03. The van der Waals surface area contributed by atoms with E-state index in [1.807, 2.05) is 42.5 Å². The molecule has 24 heavy (non-hydrogen) atoms. The molecule has 7 heteroatoms. The highest BCUT2D eigenvalue weighted by atomic mass is 32.1. The summed E-state index contributed by atoms with van der Waals surface area (Å²) in [7, 11) is 0. The standard InChI is InChI=1S/C17H16N6S/c24-17-22-21-16(15-13-9-4-10-14(13)19-20-15)23(17)18-11-5-8-12-6-2-1-3-7-12/h1-3,5-8,11H,4,9-10H2,(H,19,20)(H,22,24)/b8-5+,18-11+. The molecule has 1 aliphatic rings. The van der Waals surface area contributed by atoms with E-state index in [9.17, 15) is 0 Å². The summed E-state index contributed by atoms with van der Waals surface area (Å²) >= 11 is 5.29. The van der Waals surface area contributed by atoms with Crippen molar-refractivity contribution in [3.8, 4) is 11.5 Å². The number of nitrogens with one attached hydrogen (secondary N) is 2. The molecule has 0 bridgehead atoms. The Bertz CT molecular complexity index is 961. The molecule has 1 aliphatic carbocycles. The quantitative estimate of drug-likeness (QED) is 0.566. The van der Waals surface area contributed by atoms with Crippen LogP contribution in [0.1, 0.15) is 23.2 Å². The summed E-state index contributed by atoms with van der Waals surface area (Å²) in [4.78, 5) is 0. The van der Waals surface area contributed by atoms with Crippen LogP contribution in [-0.4, -0.2) is 31.3 Å². The third-order valence-corrected chi connectivity index (χ3v) is 4.29. The van der Waals surface area contributed by atoms with Crippen molar-refractivity contribution in [3.63, 3.8) is 0 Å². The smallest absolute Gasteiger partial charge is 0.216 e. The van der Waals surface area contributed by atoms with Gasteiger partial charge in [-0.15, -0.1) is 0 Å². The topological polar surface area (TPSA) is 74.7 Å². The molecule has 6 nitrogen and oxygen atoms in total. The fraction of sp³-hybridized carbons (Fsp3) is 0.176. The first kappa shape index (κ1) is 14.8. The zero-order chi connectivity index (χ0) is 16.4. The second-order valence-electron chi connectivity index (χ2n) is 5.58. The van der Waals surface area contributed by atoms with Crippen LogP contribution in [0.25, 0.3) is 17.6 Å². The van der Waals surface area contributed by atoms with Crippen LogP contribution in [0.4, 0.5) is 0 Å². The Balaban J connectivity index is 1.62. The van der Waals surface area contributed by atoms with Gasteiger partial charge in [0, 0.05) is 17.5 Å². The van der Waals surface area contributed by atoms with E-state index in [1.165, 1.54) is 11.3 Å². The predicted octanol–water partition coefficient (Wildman–Crippen LogP) is 3.37. The maximum atomic E-state index is 5.29. The average Bonchev–Trinajstić information content (AvgIpc) is 3.29. The molecule has 3 aromatic rings. The second-order valence-corrected chi connectivity index (χ2v) is 5.97. The summed E-state index contributed by atoms with van der Waals surface area (Å²) < 4.78 is 2.06. The van der Waals surface area contributed by atoms with Crippen LogP contribution in [0, 0.1) is 4.77 Å². The lowest BCUT2D eigenvalue weighted by Crippen LogP contribution is -1.96. The summed E-state index contributed by atoms with van der Waals surface area (Å²) in [6.07, 6.45) is 8.76. The van der Waals surface area contributed by atoms with Crippen LogP contribution in [0.15, 0.2) is 41.5 Å². The number of aromatic nitrogens is 5. The minimum absolute atomic E-state index is 0.448. The zero-order valence-electron chi connectivity index (χ0n) is 12.9. The number of aryl methyl sites for hydroxylation is 1. The molecule has 0 spiro atoms. The molecule has 2 aromatic heterocycles. The number of rotatable bonds is 4. The van der Waals surface area contributed by atoms with E-state index in [-0.39, 0.29) is 0 Å². The molecular formula is C17H16N6S. The van der Waals surface area contributed by atoms with E-state index < -0.39 is 0 Å². The van der Waals surface area contributed by atoms with Crippen molar-refractivity contribution >= 4 is 24.5 Å². The molecule has 0 unspecified atom stereocenters. The van der Waals surface area contributed by atoms with Crippen molar-refractivity contribution in [2.45, 2.75) is 19.3 Å². The van der Waals surface area contributed by atoms with Crippen LogP contribution < -0.4 is 0 Å². The van der Waals surface area contributed by atoms with Gasteiger partial charge < -0.3 is 0 Å². The molecule has 120 valence electrons. The molecule has 0 saturated carbocycles. The van der Waals surface area contributed by atoms with Gasteiger partial charge in [0.2, 0.25) is 10.6 Å². The van der Waals surface area contributed by atoms with Gasteiger partial charge in [-0.1, -0.05) is 36.4 Å². The maximum absolute atomic E-state index is 5.29. The van der Waals surface area contributed by atoms with E-state index >= 15 is 0 Å². The van der Waals surface area contributed by atoms with Crippen molar-refractivity contribution in [1.29, 1.82) is 0 Å². The van der Waals surface area contributed by atoms with Crippen LogP contribution in [0.5, 0.6) is 0 Å². The fourth-order valence-electron chi connectivity index (χ4n) is 2.88. The molecular weight excluding hydrogens is 320 g/mol. The predicted molar refractivity (Wildman–Crippen MR) is 96.4 cm³/mol. The lowest BCUT2D eigenvalue weighted by atomic mass is 10.2. The molecule has 0 amide bonds. The first-order chi connectivity index (χ1) is 11.8. The van der Waals surface area contributed by atoms with Crippen LogP contribution >= 0.6 is 12.2 Å². The van der Waals surface area contributed by atoms with Gasteiger partial charge >= 0.3 is 0 Å². The zero-order valence-corrected chi connectivity index (χ0v) is 13.8. The summed E-state index contributed by atoms with van der Waals surface area (Å²) in [6, 6.07) is 10.1. The number of allylic oxidation sites excluding steroid dienone is 1. The van der Waals surface area contributed by atoms with Crippen LogP contribution in [0.3, 0.4) is 0 Å². The Labute approximate surface area is 143 Å². The molecule has 1 aromatic carbocycles. The average molecular weight is 336 g/mol. The van der Waals surface area contributed by atoms with Gasteiger partial charge in [0.25, 0.3) is 0 Å².